The number of aliphatic hydroxyl groups is 1. The highest BCUT2D eigenvalue weighted by Gasteiger charge is 2.19. The van der Waals surface area contributed by atoms with Gasteiger partial charge in [-0.25, -0.2) is 4.79 Å². The minimum Gasteiger partial charge on any atom is -0.396 e. The average Bonchev–Trinajstić information content (AvgIpc) is 2.28. The van der Waals surface area contributed by atoms with Crippen LogP contribution in [0.1, 0.15) is 25.8 Å². The molecule has 0 unspecified atom stereocenters. The van der Waals surface area contributed by atoms with Crippen molar-refractivity contribution in [1.29, 1.82) is 5.26 Å². The van der Waals surface area contributed by atoms with E-state index in [-0.39, 0.29) is 12.6 Å². The first-order valence-electron chi connectivity index (χ1n) is 5.67. The lowest BCUT2D eigenvalue weighted by Crippen LogP contribution is -2.46. The Morgan fingerprint density at radius 3 is 2.83 bits per heavy atom. The molecule has 0 aliphatic heterocycles. The Morgan fingerprint density at radius 1 is 1.50 bits per heavy atom. The summed E-state index contributed by atoms with van der Waals surface area (Å²) in [6.45, 7) is 3.67. The third-order valence-corrected chi connectivity index (χ3v) is 2.44. The van der Waals surface area contributed by atoms with Crippen LogP contribution >= 0.6 is 0 Å². The molecule has 0 bridgehead atoms. The van der Waals surface area contributed by atoms with Crippen LogP contribution < -0.4 is 10.6 Å². The lowest BCUT2D eigenvalue weighted by Gasteiger charge is -2.25. The summed E-state index contributed by atoms with van der Waals surface area (Å²) < 4.78 is 0. The number of benzene rings is 1. The molecule has 0 aliphatic carbocycles. The fraction of sp³-hybridized carbons (Fsp3) is 0.385. The van der Waals surface area contributed by atoms with Gasteiger partial charge in [0.15, 0.2) is 0 Å². The summed E-state index contributed by atoms with van der Waals surface area (Å²) >= 11 is 0. The van der Waals surface area contributed by atoms with Crippen molar-refractivity contribution in [3.63, 3.8) is 0 Å². The molecule has 0 saturated heterocycles. The zero-order valence-corrected chi connectivity index (χ0v) is 10.5. The molecule has 0 radical (unpaired) electrons. The lowest BCUT2D eigenvalue weighted by molar-refractivity contribution is 0.218. The summed E-state index contributed by atoms with van der Waals surface area (Å²) in [6, 6.07) is 8.32. The molecule has 96 valence electrons. The molecule has 1 aromatic rings. The van der Waals surface area contributed by atoms with Crippen molar-refractivity contribution in [2.75, 3.05) is 11.9 Å². The lowest BCUT2D eigenvalue weighted by atomic mass is 10.0. The summed E-state index contributed by atoms with van der Waals surface area (Å²) in [5.74, 6) is 0. The predicted molar refractivity (Wildman–Crippen MR) is 69.1 cm³/mol. The molecule has 3 N–H and O–H groups in total. The normalized spacial score (nSPS) is 10.6. The number of carbonyl (C=O) groups excluding carboxylic acids is 1. The van der Waals surface area contributed by atoms with Crippen LogP contribution in [0, 0.1) is 11.3 Å². The van der Waals surface area contributed by atoms with Gasteiger partial charge in [0.2, 0.25) is 0 Å². The van der Waals surface area contributed by atoms with Crippen molar-refractivity contribution < 1.29 is 9.90 Å². The maximum atomic E-state index is 11.7. The van der Waals surface area contributed by atoms with Crippen LogP contribution in [-0.2, 0) is 0 Å². The molecule has 0 saturated carbocycles. The number of nitrogens with one attached hydrogen (secondary N) is 2. The Hall–Kier alpha value is -2.06. The Balaban J connectivity index is 2.62. The Morgan fingerprint density at radius 2 is 2.22 bits per heavy atom. The minimum absolute atomic E-state index is 0.0111. The first-order valence-corrected chi connectivity index (χ1v) is 5.67. The van der Waals surface area contributed by atoms with Gasteiger partial charge in [-0.05, 0) is 38.5 Å². The number of hydrogen-bond acceptors (Lipinski definition) is 3. The number of amides is 2. The highest BCUT2D eigenvalue weighted by atomic mass is 16.3. The zero-order chi connectivity index (χ0) is 13.6. The number of hydrogen-bond donors (Lipinski definition) is 3. The third-order valence-electron chi connectivity index (χ3n) is 2.44. The summed E-state index contributed by atoms with van der Waals surface area (Å²) in [5, 5.41) is 23.0. The van der Waals surface area contributed by atoms with E-state index in [1.165, 1.54) is 0 Å². The van der Waals surface area contributed by atoms with E-state index in [2.05, 4.69) is 10.6 Å². The number of aliphatic hydroxyl groups excluding tert-OH is 1. The fourth-order valence-electron chi connectivity index (χ4n) is 1.48. The average molecular weight is 247 g/mol. The van der Waals surface area contributed by atoms with Gasteiger partial charge in [0, 0.05) is 17.8 Å². The van der Waals surface area contributed by atoms with E-state index in [9.17, 15) is 4.79 Å². The molecule has 5 nitrogen and oxygen atoms in total. The second kappa shape index (κ2) is 6.03. The van der Waals surface area contributed by atoms with Gasteiger partial charge in [-0.15, -0.1) is 0 Å². The first kappa shape index (κ1) is 14.0. The van der Waals surface area contributed by atoms with Crippen molar-refractivity contribution in [2.45, 2.75) is 25.8 Å². The molecule has 5 heteroatoms. The molecule has 0 spiro atoms. The van der Waals surface area contributed by atoms with Crippen molar-refractivity contribution in [3.05, 3.63) is 29.8 Å². The summed E-state index contributed by atoms with van der Waals surface area (Å²) in [5.41, 5.74) is 0.569. The van der Waals surface area contributed by atoms with E-state index < -0.39 is 5.54 Å². The maximum Gasteiger partial charge on any atom is 0.319 e. The van der Waals surface area contributed by atoms with Crippen molar-refractivity contribution in [3.8, 4) is 6.07 Å². The molecule has 0 atom stereocenters. The second-order valence-electron chi connectivity index (χ2n) is 4.63. The largest absolute Gasteiger partial charge is 0.396 e. The number of anilines is 1. The molecule has 0 heterocycles. The molecule has 2 amide bonds. The van der Waals surface area contributed by atoms with Crippen LogP contribution in [0.3, 0.4) is 0 Å². The third kappa shape index (κ3) is 4.44. The van der Waals surface area contributed by atoms with E-state index in [1.807, 2.05) is 19.9 Å². The number of urea groups is 1. The molecule has 18 heavy (non-hydrogen) atoms. The van der Waals surface area contributed by atoms with E-state index in [0.29, 0.717) is 17.7 Å². The molecular weight excluding hydrogens is 230 g/mol. The van der Waals surface area contributed by atoms with Crippen LogP contribution in [-0.4, -0.2) is 23.3 Å². The SMILES string of the molecule is CC(C)(CCO)NC(=O)Nc1cccc(C#N)c1. The number of carbonyl (C=O) groups is 1. The first-order chi connectivity index (χ1) is 8.46. The van der Waals surface area contributed by atoms with E-state index in [4.69, 9.17) is 10.4 Å². The zero-order valence-electron chi connectivity index (χ0n) is 10.5. The quantitative estimate of drug-likeness (QED) is 0.759. The topological polar surface area (TPSA) is 85.2 Å². The van der Waals surface area contributed by atoms with Gasteiger partial charge in [0.1, 0.15) is 0 Å². The van der Waals surface area contributed by atoms with Gasteiger partial charge in [0.05, 0.1) is 11.6 Å². The van der Waals surface area contributed by atoms with Gasteiger partial charge in [-0.1, -0.05) is 6.07 Å². The molecule has 1 rings (SSSR count). The Bertz CT molecular complexity index is 464. The number of nitriles is 1. The van der Waals surface area contributed by atoms with Gasteiger partial charge >= 0.3 is 6.03 Å². The number of nitrogens with zero attached hydrogens (tertiary/aromatic N) is 1. The van der Waals surface area contributed by atoms with Crippen LogP contribution in [0.4, 0.5) is 10.5 Å². The van der Waals surface area contributed by atoms with Gasteiger partial charge < -0.3 is 15.7 Å². The van der Waals surface area contributed by atoms with Gasteiger partial charge in [0.25, 0.3) is 0 Å². The fourth-order valence-corrected chi connectivity index (χ4v) is 1.48. The molecular formula is C13H17N3O2. The minimum atomic E-state index is -0.480. The van der Waals surface area contributed by atoms with Crippen molar-refractivity contribution >= 4 is 11.7 Å². The summed E-state index contributed by atoms with van der Waals surface area (Å²) in [7, 11) is 0. The van der Waals surface area contributed by atoms with Crippen LogP contribution in [0.25, 0.3) is 0 Å². The molecule has 0 aliphatic rings. The maximum absolute atomic E-state index is 11.7. The van der Waals surface area contributed by atoms with Crippen LogP contribution in [0.15, 0.2) is 24.3 Å². The van der Waals surface area contributed by atoms with Gasteiger partial charge in [-0.2, -0.15) is 5.26 Å². The summed E-state index contributed by atoms with van der Waals surface area (Å²) in [4.78, 5) is 11.7. The molecule has 0 aromatic heterocycles. The van der Waals surface area contributed by atoms with E-state index in [0.717, 1.165) is 0 Å². The summed E-state index contributed by atoms with van der Waals surface area (Å²) in [6.07, 6.45) is 0.471. The second-order valence-corrected chi connectivity index (χ2v) is 4.63. The van der Waals surface area contributed by atoms with Crippen molar-refractivity contribution in [1.82, 2.24) is 5.32 Å². The highest BCUT2D eigenvalue weighted by Crippen LogP contribution is 2.11. The number of rotatable bonds is 4. The molecule has 1 aromatic carbocycles. The highest BCUT2D eigenvalue weighted by molar-refractivity contribution is 5.89. The monoisotopic (exact) mass is 247 g/mol. The van der Waals surface area contributed by atoms with E-state index in [1.54, 1.807) is 24.3 Å². The Kier molecular flexibility index (Phi) is 4.69. The van der Waals surface area contributed by atoms with E-state index >= 15 is 0 Å². The van der Waals surface area contributed by atoms with Crippen molar-refractivity contribution in [2.24, 2.45) is 0 Å². The smallest absolute Gasteiger partial charge is 0.319 e. The van der Waals surface area contributed by atoms with Gasteiger partial charge in [-0.3, -0.25) is 0 Å². The van der Waals surface area contributed by atoms with Crippen LogP contribution in [0.2, 0.25) is 0 Å². The predicted octanol–water partition coefficient (Wildman–Crippen LogP) is 1.84. The standard InChI is InChI=1S/C13H17N3O2/c1-13(2,6-7-17)16-12(18)15-11-5-3-4-10(8-11)9-14/h3-5,8,17H,6-7H2,1-2H3,(H2,15,16,18). The molecule has 0 fully saturated rings. The Labute approximate surface area is 106 Å². The van der Waals surface area contributed by atoms with Crippen LogP contribution in [0.5, 0.6) is 0 Å².